The fraction of sp³-hybridized carbons (Fsp3) is 0.200. The maximum Gasteiger partial charge on any atom is 0.283 e. The van der Waals surface area contributed by atoms with Gasteiger partial charge in [-0.05, 0) is 19.9 Å². The summed E-state index contributed by atoms with van der Waals surface area (Å²) >= 11 is 0. The van der Waals surface area contributed by atoms with Crippen molar-refractivity contribution in [2.45, 2.75) is 13.8 Å². The van der Waals surface area contributed by atoms with Crippen molar-refractivity contribution >= 4 is 17.8 Å². The Morgan fingerprint density at radius 1 is 1.47 bits per heavy atom. The van der Waals surface area contributed by atoms with Gasteiger partial charge in [0.1, 0.15) is 5.56 Å². The van der Waals surface area contributed by atoms with Gasteiger partial charge in [-0.1, -0.05) is 6.07 Å². The number of benzene rings is 1. The molecule has 0 saturated carbocycles. The van der Waals surface area contributed by atoms with E-state index in [1.807, 2.05) is 0 Å². The molecule has 0 fully saturated rings. The van der Waals surface area contributed by atoms with Crippen LogP contribution in [0, 0.1) is 17.0 Å². The highest BCUT2D eigenvalue weighted by Crippen LogP contribution is 2.25. The van der Waals surface area contributed by atoms with Crippen molar-refractivity contribution in [2.75, 3.05) is 0 Å². The molecule has 0 amide bonds. The van der Waals surface area contributed by atoms with Crippen LogP contribution in [0.15, 0.2) is 12.1 Å². The second-order valence-corrected chi connectivity index (χ2v) is 3.12. The molecule has 1 aromatic rings. The Morgan fingerprint density at radius 2 is 2.07 bits per heavy atom. The number of rotatable bonds is 3. The first kappa shape index (κ1) is 11.0. The summed E-state index contributed by atoms with van der Waals surface area (Å²) in [4.78, 5) is 31.9. The molecule has 0 N–H and O–H groups in total. The highest BCUT2D eigenvalue weighted by Gasteiger charge is 2.21. The number of ketones is 1. The molecule has 0 atom stereocenters. The zero-order chi connectivity index (χ0) is 11.6. The van der Waals surface area contributed by atoms with Crippen LogP contribution in [0.1, 0.15) is 33.2 Å². The van der Waals surface area contributed by atoms with Gasteiger partial charge in [-0.25, -0.2) is 0 Å². The highest BCUT2D eigenvalue weighted by atomic mass is 16.6. The number of nitro groups is 1. The van der Waals surface area contributed by atoms with Gasteiger partial charge in [0, 0.05) is 11.1 Å². The van der Waals surface area contributed by atoms with Crippen molar-refractivity contribution in [3.05, 3.63) is 38.9 Å². The number of hydrogen-bond acceptors (Lipinski definition) is 4. The normalized spacial score (nSPS) is 9.73. The van der Waals surface area contributed by atoms with Crippen LogP contribution in [0.4, 0.5) is 5.69 Å². The van der Waals surface area contributed by atoms with E-state index in [2.05, 4.69) is 0 Å². The third-order valence-corrected chi connectivity index (χ3v) is 2.10. The second kappa shape index (κ2) is 4.00. The monoisotopic (exact) mass is 207 g/mol. The van der Waals surface area contributed by atoms with Crippen molar-refractivity contribution in [3.8, 4) is 0 Å². The van der Waals surface area contributed by atoms with Crippen LogP contribution in [0.2, 0.25) is 0 Å². The molecule has 78 valence electrons. The molecular formula is C10H9NO4. The van der Waals surface area contributed by atoms with E-state index >= 15 is 0 Å². The standard InChI is InChI=1S/C10H9NO4/c1-6-3-4-8(7(2)13)9(5-12)10(6)11(14)15/h3-5H,1-2H3. The van der Waals surface area contributed by atoms with Gasteiger partial charge in [-0.2, -0.15) is 0 Å². The van der Waals surface area contributed by atoms with Crippen LogP contribution in [-0.4, -0.2) is 17.0 Å². The maximum absolute atomic E-state index is 11.1. The van der Waals surface area contributed by atoms with Crippen LogP contribution in [0.5, 0.6) is 0 Å². The van der Waals surface area contributed by atoms with E-state index in [9.17, 15) is 19.7 Å². The lowest BCUT2D eigenvalue weighted by Gasteiger charge is -2.03. The lowest BCUT2D eigenvalue weighted by atomic mass is 10.00. The van der Waals surface area contributed by atoms with Gasteiger partial charge < -0.3 is 0 Å². The summed E-state index contributed by atoms with van der Waals surface area (Å²) in [5.41, 5.74) is 0.0135. The first-order valence-electron chi connectivity index (χ1n) is 4.23. The molecule has 0 heterocycles. The fourth-order valence-electron chi connectivity index (χ4n) is 1.39. The van der Waals surface area contributed by atoms with E-state index in [1.165, 1.54) is 26.0 Å². The van der Waals surface area contributed by atoms with Crippen LogP contribution < -0.4 is 0 Å². The van der Waals surface area contributed by atoms with Gasteiger partial charge in [0.15, 0.2) is 12.1 Å². The van der Waals surface area contributed by atoms with Gasteiger partial charge in [-0.15, -0.1) is 0 Å². The van der Waals surface area contributed by atoms with Crippen molar-refractivity contribution in [1.29, 1.82) is 0 Å². The average Bonchev–Trinajstić information content (AvgIpc) is 2.15. The van der Waals surface area contributed by atoms with Gasteiger partial charge in [0.25, 0.3) is 5.69 Å². The smallest absolute Gasteiger partial charge is 0.283 e. The van der Waals surface area contributed by atoms with Crippen molar-refractivity contribution in [3.63, 3.8) is 0 Å². The third kappa shape index (κ3) is 1.90. The molecule has 0 radical (unpaired) electrons. The summed E-state index contributed by atoms with van der Waals surface area (Å²) in [5, 5.41) is 10.7. The summed E-state index contributed by atoms with van der Waals surface area (Å²) in [6, 6.07) is 2.89. The molecule has 1 aromatic carbocycles. The van der Waals surface area contributed by atoms with Gasteiger partial charge in [0.2, 0.25) is 0 Å². The van der Waals surface area contributed by atoms with Crippen LogP contribution in [0.3, 0.4) is 0 Å². The number of aldehydes is 1. The Labute approximate surface area is 85.9 Å². The Balaban J connectivity index is 3.61. The largest absolute Gasteiger partial charge is 0.298 e. The topological polar surface area (TPSA) is 77.3 Å². The summed E-state index contributed by atoms with van der Waals surface area (Å²) in [7, 11) is 0. The second-order valence-electron chi connectivity index (χ2n) is 3.12. The molecule has 1 rings (SSSR count). The first-order valence-corrected chi connectivity index (χ1v) is 4.23. The molecule has 0 unspecified atom stereocenters. The molecule has 0 spiro atoms. The number of carbonyl (C=O) groups is 2. The van der Waals surface area contributed by atoms with E-state index in [-0.39, 0.29) is 22.6 Å². The van der Waals surface area contributed by atoms with Crippen LogP contribution in [-0.2, 0) is 0 Å². The SMILES string of the molecule is CC(=O)c1ccc(C)c([N+](=O)[O-])c1C=O. The van der Waals surface area contributed by atoms with Gasteiger partial charge in [0.05, 0.1) is 4.92 Å². The highest BCUT2D eigenvalue weighted by molar-refractivity contribution is 6.03. The number of carbonyl (C=O) groups excluding carboxylic acids is 2. The minimum atomic E-state index is -0.647. The van der Waals surface area contributed by atoms with Gasteiger partial charge in [-0.3, -0.25) is 19.7 Å². The molecule has 0 aromatic heterocycles. The van der Waals surface area contributed by atoms with Crippen LogP contribution in [0.25, 0.3) is 0 Å². The number of aryl methyl sites for hydroxylation is 1. The number of nitro benzene ring substituents is 1. The molecule has 0 aliphatic heterocycles. The molecule has 0 bridgehead atoms. The number of Topliss-reactive ketones (excluding diaryl/α,β-unsaturated/α-hetero) is 1. The van der Waals surface area contributed by atoms with Gasteiger partial charge >= 0.3 is 0 Å². The summed E-state index contributed by atoms with van der Waals surface area (Å²) in [6.45, 7) is 2.79. The Hall–Kier alpha value is -2.04. The predicted octanol–water partition coefficient (Wildman–Crippen LogP) is 1.92. The molecule has 15 heavy (non-hydrogen) atoms. The molecule has 0 saturated heterocycles. The third-order valence-electron chi connectivity index (χ3n) is 2.10. The number of hydrogen-bond donors (Lipinski definition) is 0. The maximum atomic E-state index is 11.1. The van der Waals surface area contributed by atoms with E-state index in [0.29, 0.717) is 11.8 Å². The minimum Gasteiger partial charge on any atom is -0.298 e. The van der Waals surface area contributed by atoms with Crippen LogP contribution >= 0.6 is 0 Å². The Kier molecular flexibility index (Phi) is 2.94. The zero-order valence-electron chi connectivity index (χ0n) is 8.31. The average molecular weight is 207 g/mol. The predicted molar refractivity (Wildman–Crippen MR) is 53.2 cm³/mol. The molecule has 5 heteroatoms. The molecule has 5 nitrogen and oxygen atoms in total. The van der Waals surface area contributed by atoms with Crippen molar-refractivity contribution < 1.29 is 14.5 Å². The summed E-state index contributed by atoms with van der Waals surface area (Å²) in [5.74, 6) is -0.361. The zero-order valence-corrected chi connectivity index (χ0v) is 8.31. The van der Waals surface area contributed by atoms with E-state index < -0.39 is 4.92 Å². The molecule has 0 aliphatic rings. The lowest BCUT2D eigenvalue weighted by molar-refractivity contribution is -0.385. The quantitative estimate of drug-likeness (QED) is 0.328. The fourth-order valence-corrected chi connectivity index (χ4v) is 1.39. The van der Waals surface area contributed by atoms with Crippen molar-refractivity contribution in [2.24, 2.45) is 0 Å². The van der Waals surface area contributed by atoms with E-state index in [4.69, 9.17) is 0 Å². The van der Waals surface area contributed by atoms with E-state index in [0.717, 1.165) is 0 Å². The lowest BCUT2D eigenvalue weighted by Crippen LogP contribution is -2.05. The molecule has 0 aliphatic carbocycles. The van der Waals surface area contributed by atoms with Crippen molar-refractivity contribution in [1.82, 2.24) is 0 Å². The number of nitrogens with zero attached hydrogens (tertiary/aromatic N) is 1. The minimum absolute atomic E-state index is 0.0855. The Morgan fingerprint density at radius 3 is 2.47 bits per heavy atom. The molecular weight excluding hydrogens is 198 g/mol. The summed E-state index contributed by atoms with van der Waals surface area (Å²) in [6.07, 6.45) is 0.349. The first-order chi connectivity index (χ1) is 6.99. The summed E-state index contributed by atoms with van der Waals surface area (Å²) < 4.78 is 0. The Bertz CT molecular complexity index is 451. The van der Waals surface area contributed by atoms with E-state index in [1.54, 1.807) is 0 Å².